The number of halogens is 2. The first-order valence-corrected chi connectivity index (χ1v) is 11.4. The first kappa shape index (κ1) is 20.1. The van der Waals surface area contributed by atoms with Crippen LogP contribution in [0, 0.1) is 0 Å². The summed E-state index contributed by atoms with van der Waals surface area (Å²) in [6.07, 6.45) is 0.412. The van der Waals surface area contributed by atoms with Gasteiger partial charge in [-0.2, -0.15) is 8.78 Å². The lowest BCUT2D eigenvalue weighted by molar-refractivity contribution is -0.131. The van der Waals surface area contributed by atoms with Crippen LogP contribution in [0.4, 0.5) is 8.78 Å². The van der Waals surface area contributed by atoms with Crippen molar-refractivity contribution in [1.29, 1.82) is 0 Å². The number of benzene rings is 1. The summed E-state index contributed by atoms with van der Waals surface area (Å²) in [7, 11) is -3.12. The maximum atomic E-state index is 13.5. The van der Waals surface area contributed by atoms with Crippen LogP contribution >= 0.6 is 11.8 Å². The van der Waals surface area contributed by atoms with Crippen molar-refractivity contribution in [2.24, 2.45) is 0 Å². The molecule has 3 rings (SSSR count). The highest BCUT2D eigenvalue weighted by Crippen LogP contribution is 2.32. The van der Waals surface area contributed by atoms with E-state index in [9.17, 15) is 22.0 Å². The van der Waals surface area contributed by atoms with Gasteiger partial charge in [0.25, 0.3) is 0 Å². The fourth-order valence-corrected chi connectivity index (χ4v) is 6.08. The van der Waals surface area contributed by atoms with E-state index >= 15 is 0 Å². The third-order valence-electron chi connectivity index (χ3n) is 4.66. The number of carbonyl (C=O) groups is 1. The molecule has 2 aromatic rings. The Hall–Kier alpha value is -1.68. The van der Waals surface area contributed by atoms with Crippen LogP contribution in [0.5, 0.6) is 0 Å². The van der Waals surface area contributed by atoms with Crippen LogP contribution < -0.4 is 0 Å². The van der Waals surface area contributed by atoms with Crippen LogP contribution in [0.15, 0.2) is 29.4 Å². The van der Waals surface area contributed by atoms with Gasteiger partial charge in [0.15, 0.2) is 15.0 Å². The summed E-state index contributed by atoms with van der Waals surface area (Å²) in [5, 5.41) is -0.593. The lowest BCUT2D eigenvalue weighted by atomic mass is 10.2. The Morgan fingerprint density at radius 3 is 2.70 bits per heavy atom. The quantitative estimate of drug-likeness (QED) is 0.676. The Labute approximate surface area is 160 Å². The number of imidazole rings is 1. The molecule has 0 saturated carbocycles. The summed E-state index contributed by atoms with van der Waals surface area (Å²) in [5.74, 6) is -0.235. The van der Waals surface area contributed by atoms with E-state index < -0.39 is 21.6 Å². The lowest BCUT2D eigenvalue weighted by Gasteiger charge is -2.29. The molecule has 1 saturated heterocycles. The summed E-state index contributed by atoms with van der Waals surface area (Å²) in [6.45, 7) is 1.02. The van der Waals surface area contributed by atoms with Crippen LogP contribution in [-0.4, -0.2) is 58.1 Å². The molecule has 2 atom stereocenters. The van der Waals surface area contributed by atoms with E-state index in [0.29, 0.717) is 24.0 Å². The van der Waals surface area contributed by atoms with Gasteiger partial charge >= 0.3 is 6.55 Å². The van der Waals surface area contributed by atoms with Crippen molar-refractivity contribution in [2.45, 2.75) is 43.3 Å². The fourth-order valence-electron chi connectivity index (χ4n) is 3.35. The Bertz CT molecular complexity index is 946. The second kappa shape index (κ2) is 7.75. The SMILES string of the molecule is CCN(C(=O)C(C)Sc1nc2ccccc2n1C(F)F)C1CCS(=O)(=O)C1. The van der Waals surface area contributed by atoms with Crippen molar-refractivity contribution in [3.8, 4) is 0 Å². The second-order valence-electron chi connectivity index (χ2n) is 6.47. The van der Waals surface area contributed by atoms with Crippen molar-refractivity contribution in [1.82, 2.24) is 14.5 Å². The van der Waals surface area contributed by atoms with Gasteiger partial charge in [-0.25, -0.2) is 13.4 Å². The third kappa shape index (κ3) is 4.11. The molecule has 1 aliphatic rings. The van der Waals surface area contributed by atoms with Crippen molar-refractivity contribution in [3.63, 3.8) is 0 Å². The molecule has 0 N–H and O–H groups in total. The highest BCUT2D eigenvalue weighted by molar-refractivity contribution is 8.00. The first-order valence-electron chi connectivity index (χ1n) is 8.66. The number of para-hydroxylation sites is 2. The summed E-state index contributed by atoms with van der Waals surface area (Å²) >= 11 is 0.966. The second-order valence-corrected chi connectivity index (χ2v) is 10.0. The third-order valence-corrected chi connectivity index (χ3v) is 7.47. The van der Waals surface area contributed by atoms with Gasteiger partial charge in [0.05, 0.1) is 27.8 Å². The van der Waals surface area contributed by atoms with Gasteiger partial charge < -0.3 is 4.90 Å². The van der Waals surface area contributed by atoms with Gasteiger partial charge in [-0.15, -0.1) is 0 Å². The van der Waals surface area contributed by atoms with Gasteiger partial charge in [0.2, 0.25) is 5.91 Å². The minimum atomic E-state index is -3.12. The van der Waals surface area contributed by atoms with Gasteiger partial charge in [0.1, 0.15) is 0 Å². The summed E-state index contributed by atoms with van der Waals surface area (Å²) in [4.78, 5) is 18.6. The number of thioether (sulfide) groups is 1. The maximum absolute atomic E-state index is 13.5. The van der Waals surface area contributed by atoms with E-state index in [0.717, 1.165) is 16.3 Å². The molecule has 1 aromatic carbocycles. The zero-order valence-electron chi connectivity index (χ0n) is 15.0. The van der Waals surface area contributed by atoms with Gasteiger partial charge in [-0.1, -0.05) is 23.9 Å². The number of sulfone groups is 1. The molecule has 27 heavy (non-hydrogen) atoms. The van der Waals surface area contributed by atoms with Crippen molar-refractivity contribution in [3.05, 3.63) is 24.3 Å². The predicted octanol–water partition coefficient (Wildman–Crippen LogP) is 2.95. The standard InChI is InChI=1S/C17H21F2N3O3S2/c1-3-21(12-8-9-27(24,25)10-12)15(23)11(2)26-17-20-13-6-4-5-7-14(13)22(17)16(18)19/h4-7,11-12,16H,3,8-10H2,1-2H3. The molecule has 1 fully saturated rings. The molecule has 0 aliphatic carbocycles. The van der Waals surface area contributed by atoms with Crippen LogP contribution in [0.1, 0.15) is 26.8 Å². The van der Waals surface area contributed by atoms with E-state index in [1.165, 1.54) is 4.90 Å². The van der Waals surface area contributed by atoms with Gasteiger partial charge in [-0.05, 0) is 32.4 Å². The molecule has 148 valence electrons. The number of nitrogens with zero attached hydrogens (tertiary/aromatic N) is 3. The smallest absolute Gasteiger partial charge is 0.321 e. The number of alkyl halides is 2. The summed E-state index contributed by atoms with van der Waals surface area (Å²) in [5.41, 5.74) is 0.748. The van der Waals surface area contributed by atoms with Crippen LogP contribution in [0.2, 0.25) is 0 Å². The highest BCUT2D eigenvalue weighted by Gasteiger charge is 2.36. The monoisotopic (exact) mass is 417 g/mol. The molecule has 1 aromatic heterocycles. The van der Waals surface area contributed by atoms with Crippen molar-refractivity contribution in [2.75, 3.05) is 18.1 Å². The molecule has 0 radical (unpaired) electrons. The van der Waals surface area contributed by atoms with Gasteiger partial charge in [0, 0.05) is 12.6 Å². The van der Waals surface area contributed by atoms with E-state index in [1.54, 1.807) is 38.1 Å². The lowest BCUT2D eigenvalue weighted by Crippen LogP contribution is -2.44. The Kier molecular flexibility index (Phi) is 5.76. The Morgan fingerprint density at radius 2 is 2.11 bits per heavy atom. The first-order chi connectivity index (χ1) is 12.7. The summed E-state index contributed by atoms with van der Waals surface area (Å²) < 4.78 is 51.4. The molecule has 0 bridgehead atoms. The predicted molar refractivity (Wildman–Crippen MR) is 101 cm³/mol. The van der Waals surface area contributed by atoms with E-state index in [1.807, 2.05) is 0 Å². The minimum Gasteiger partial charge on any atom is -0.338 e. The molecule has 2 heterocycles. The number of rotatable bonds is 6. The van der Waals surface area contributed by atoms with Crippen LogP contribution in [0.3, 0.4) is 0 Å². The summed E-state index contributed by atoms with van der Waals surface area (Å²) in [6, 6.07) is 6.22. The Balaban J connectivity index is 1.82. The molecule has 0 spiro atoms. The molecule has 6 nitrogen and oxygen atoms in total. The topological polar surface area (TPSA) is 72.3 Å². The van der Waals surface area contributed by atoms with E-state index in [2.05, 4.69) is 4.98 Å². The molecule has 1 amide bonds. The van der Waals surface area contributed by atoms with Crippen LogP contribution in [-0.2, 0) is 14.6 Å². The van der Waals surface area contributed by atoms with Crippen molar-refractivity contribution >= 4 is 38.5 Å². The van der Waals surface area contributed by atoms with Crippen molar-refractivity contribution < 1.29 is 22.0 Å². The average Bonchev–Trinajstić information content (AvgIpc) is 3.14. The minimum absolute atomic E-state index is 0.0421. The van der Waals surface area contributed by atoms with Gasteiger partial charge in [-0.3, -0.25) is 9.36 Å². The zero-order valence-corrected chi connectivity index (χ0v) is 16.6. The number of fused-ring (bicyclic) bond motifs is 1. The number of carbonyl (C=O) groups excluding carboxylic acids is 1. The van der Waals surface area contributed by atoms with E-state index in [4.69, 9.17) is 0 Å². The number of hydrogen-bond donors (Lipinski definition) is 0. The fraction of sp³-hybridized carbons (Fsp3) is 0.529. The average molecular weight is 418 g/mol. The molecule has 2 unspecified atom stereocenters. The van der Waals surface area contributed by atoms with E-state index in [-0.39, 0.29) is 28.6 Å². The number of amides is 1. The number of hydrogen-bond acceptors (Lipinski definition) is 5. The Morgan fingerprint density at radius 1 is 1.41 bits per heavy atom. The maximum Gasteiger partial charge on any atom is 0.321 e. The molecular formula is C17H21F2N3O3S2. The number of aromatic nitrogens is 2. The normalized spacial score (nSPS) is 20.3. The molecular weight excluding hydrogens is 396 g/mol. The largest absolute Gasteiger partial charge is 0.338 e. The zero-order chi connectivity index (χ0) is 19.8. The highest BCUT2D eigenvalue weighted by atomic mass is 32.2. The molecule has 1 aliphatic heterocycles. The van der Waals surface area contributed by atoms with Crippen LogP contribution in [0.25, 0.3) is 11.0 Å². The molecule has 10 heteroatoms.